The summed E-state index contributed by atoms with van der Waals surface area (Å²) in [7, 11) is -3.51. The molecule has 0 heterocycles. The Morgan fingerprint density at radius 1 is 1.08 bits per heavy atom. The first kappa shape index (κ1) is 19.6. The van der Waals surface area contributed by atoms with Crippen LogP contribution in [0.1, 0.15) is 12.0 Å². The van der Waals surface area contributed by atoms with Crippen LogP contribution in [0, 0.1) is 5.82 Å². The molecule has 0 fully saturated rings. The largest absolute Gasteiger partial charge is 0.456 e. The van der Waals surface area contributed by atoms with Crippen molar-refractivity contribution in [2.45, 2.75) is 17.7 Å². The van der Waals surface area contributed by atoms with Gasteiger partial charge in [-0.3, -0.25) is 9.59 Å². The van der Waals surface area contributed by atoms with Crippen LogP contribution in [0.3, 0.4) is 0 Å². The number of nitrogens with one attached hydrogen (secondary N) is 1. The Kier molecular flexibility index (Phi) is 6.46. The molecule has 0 radical (unpaired) electrons. The third-order valence-electron chi connectivity index (χ3n) is 3.48. The van der Waals surface area contributed by atoms with Crippen molar-refractivity contribution in [2.75, 3.05) is 18.2 Å². The highest BCUT2D eigenvalue weighted by molar-refractivity contribution is 7.90. The Labute approximate surface area is 150 Å². The third-order valence-corrected chi connectivity index (χ3v) is 4.64. The van der Waals surface area contributed by atoms with Crippen LogP contribution in [0.4, 0.5) is 10.1 Å². The van der Waals surface area contributed by atoms with E-state index >= 15 is 0 Å². The number of sulfone groups is 1. The zero-order valence-electron chi connectivity index (χ0n) is 14.1. The van der Waals surface area contributed by atoms with E-state index in [-0.39, 0.29) is 23.4 Å². The van der Waals surface area contributed by atoms with E-state index in [1.165, 1.54) is 24.3 Å². The van der Waals surface area contributed by atoms with Crippen molar-refractivity contribution in [1.82, 2.24) is 0 Å². The van der Waals surface area contributed by atoms with Crippen molar-refractivity contribution in [3.05, 3.63) is 59.9 Å². The number of benzene rings is 2. The van der Waals surface area contributed by atoms with Gasteiger partial charge in [-0.2, -0.15) is 0 Å². The minimum Gasteiger partial charge on any atom is -0.456 e. The SMILES string of the molecule is CS(=O)(=O)c1ccccc1NC(=O)COC(=O)CCc1ccccc1F. The lowest BCUT2D eigenvalue weighted by molar-refractivity contribution is -0.147. The highest BCUT2D eigenvalue weighted by atomic mass is 32.2. The number of carbonyl (C=O) groups excluding carboxylic acids is 2. The Morgan fingerprint density at radius 3 is 2.42 bits per heavy atom. The van der Waals surface area contributed by atoms with Crippen molar-refractivity contribution in [1.29, 1.82) is 0 Å². The van der Waals surface area contributed by atoms with Crippen molar-refractivity contribution in [2.24, 2.45) is 0 Å². The summed E-state index contributed by atoms with van der Waals surface area (Å²) in [6.45, 7) is -0.561. The number of aryl methyl sites for hydroxylation is 1. The lowest BCUT2D eigenvalue weighted by Gasteiger charge is -2.10. The molecule has 0 saturated carbocycles. The number of para-hydroxylation sites is 1. The Balaban J connectivity index is 1.86. The van der Waals surface area contributed by atoms with Crippen molar-refractivity contribution in [3.8, 4) is 0 Å². The molecule has 0 saturated heterocycles. The van der Waals surface area contributed by atoms with Gasteiger partial charge in [0.1, 0.15) is 5.82 Å². The summed E-state index contributed by atoms with van der Waals surface area (Å²) in [6, 6.07) is 12.0. The smallest absolute Gasteiger partial charge is 0.306 e. The summed E-state index contributed by atoms with van der Waals surface area (Å²) in [6.07, 6.45) is 1.11. The number of hydrogen-bond acceptors (Lipinski definition) is 5. The number of esters is 1. The molecule has 1 amide bonds. The molecule has 26 heavy (non-hydrogen) atoms. The van der Waals surface area contributed by atoms with E-state index in [1.807, 2.05) is 0 Å². The molecule has 0 atom stereocenters. The number of ether oxygens (including phenoxy) is 1. The zero-order chi connectivity index (χ0) is 19.2. The predicted molar refractivity (Wildman–Crippen MR) is 93.9 cm³/mol. The molecular weight excluding hydrogens is 361 g/mol. The normalized spacial score (nSPS) is 11.0. The Morgan fingerprint density at radius 2 is 1.73 bits per heavy atom. The van der Waals surface area contributed by atoms with Gasteiger partial charge in [0, 0.05) is 12.7 Å². The number of hydrogen-bond donors (Lipinski definition) is 1. The fourth-order valence-electron chi connectivity index (χ4n) is 2.24. The average molecular weight is 379 g/mol. The minimum absolute atomic E-state index is 0.0285. The molecule has 8 heteroatoms. The van der Waals surface area contributed by atoms with Gasteiger partial charge in [-0.15, -0.1) is 0 Å². The first-order chi connectivity index (χ1) is 12.3. The molecule has 0 aromatic heterocycles. The van der Waals surface area contributed by atoms with Crippen LogP contribution in [-0.4, -0.2) is 33.2 Å². The van der Waals surface area contributed by atoms with E-state index in [0.29, 0.717) is 5.56 Å². The van der Waals surface area contributed by atoms with Gasteiger partial charge in [0.15, 0.2) is 16.4 Å². The van der Waals surface area contributed by atoms with Crippen LogP contribution < -0.4 is 5.32 Å². The second-order valence-electron chi connectivity index (χ2n) is 5.57. The van der Waals surface area contributed by atoms with Crippen molar-refractivity contribution in [3.63, 3.8) is 0 Å². The van der Waals surface area contributed by atoms with E-state index in [2.05, 4.69) is 5.32 Å². The van der Waals surface area contributed by atoms with E-state index in [1.54, 1.807) is 24.3 Å². The number of carbonyl (C=O) groups is 2. The van der Waals surface area contributed by atoms with Gasteiger partial charge in [0.2, 0.25) is 0 Å². The number of anilines is 1. The van der Waals surface area contributed by atoms with Crippen LogP contribution in [-0.2, 0) is 30.6 Å². The molecular formula is C18H18FNO5S. The van der Waals surface area contributed by atoms with E-state index in [9.17, 15) is 22.4 Å². The van der Waals surface area contributed by atoms with Gasteiger partial charge in [-0.25, -0.2) is 12.8 Å². The van der Waals surface area contributed by atoms with Gasteiger partial charge < -0.3 is 10.1 Å². The molecule has 0 aliphatic heterocycles. The molecule has 0 aliphatic carbocycles. The maximum atomic E-state index is 13.5. The predicted octanol–water partition coefficient (Wildman–Crippen LogP) is 2.34. The average Bonchev–Trinajstić information content (AvgIpc) is 2.59. The van der Waals surface area contributed by atoms with Crippen LogP contribution in [0.2, 0.25) is 0 Å². The molecule has 0 unspecified atom stereocenters. The van der Waals surface area contributed by atoms with Gasteiger partial charge in [0.05, 0.1) is 10.6 Å². The summed E-state index contributed by atoms with van der Waals surface area (Å²) >= 11 is 0. The maximum absolute atomic E-state index is 13.5. The second-order valence-corrected chi connectivity index (χ2v) is 7.55. The lowest BCUT2D eigenvalue weighted by atomic mass is 10.1. The molecule has 1 N–H and O–H groups in total. The summed E-state index contributed by atoms with van der Waals surface area (Å²) in [5.41, 5.74) is 0.499. The third kappa shape index (κ3) is 5.66. The molecule has 2 rings (SSSR count). The van der Waals surface area contributed by atoms with Crippen molar-refractivity contribution < 1.29 is 27.1 Å². The fraction of sp³-hybridized carbons (Fsp3) is 0.222. The van der Waals surface area contributed by atoms with Crippen LogP contribution in [0.15, 0.2) is 53.4 Å². The number of rotatable bonds is 7. The van der Waals surface area contributed by atoms with Gasteiger partial charge >= 0.3 is 5.97 Å². The van der Waals surface area contributed by atoms with E-state index in [0.717, 1.165) is 6.26 Å². The fourth-order valence-corrected chi connectivity index (χ4v) is 3.08. The van der Waals surface area contributed by atoms with Gasteiger partial charge in [-0.1, -0.05) is 30.3 Å². The van der Waals surface area contributed by atoms with Gasteiger partial charge in [0.25, 0.3) is 5.91 Å². The first-order valence-electron chi connectivity index (χ1n) is 7.75. The van der Waals surface area contributed by atoms with Crippen LogP contribution >= 0.6 is 0 Å². The molecule has 2 aromatic carbocycles. The Hall–Kier alpha value is -2.74. The monoisotopic (exact) mass is 379 g/mol. The van der Waals surface area contributed by atoms with Gasteiger partial charge in [-0.05, 0) is 30.2 Å². The van der Waals surface area contributed by atoms with Crippen molar-refractivity contribution >= 4 is 27.4 Å². The van der Waals surface area contributed by atoms with E-state index < -0.39 is 34.1 Å². The zero-order valence-corrected chi connectivity index (χ0v) is 14.9. The highest BCUT2D eigenvalue weighted by Gasteiger charge is 2.15. The Bertz CT molecular complexity index is 911. The summed E-state index contributed by atoms with van der Waals surface area (Å²) in [4.78, 5) is 23.5. The first-order valence-corrected chi connectivity index (χ1v) is 9.64. The lowest BCUT2D eigenvalue weighted by Crippen LogP contribution is -2.22. The number of halogens is 1. The van der Waals surface area contributed by atoms with E-state index in [4.69, 9.17) is 4.74 Å². The van der Waals surface area contributed by atoms with Crippen LogP contribution in [0.25, 0.3) is 0 Å². The van der Waals surface area contributed by atoms with Crippen LogP contribution in [0.5, 0.6) is 0 Å². The topological polar surface area (TPSA) is 89.5 Å². The number of amides is 1. The second kappa shape index (κ2) is 8.57. The summed E-state index contributed by atoms with van der Waals surface area (Å²) in [5, 5.41) is 2.40. The molecule has 2 aromatic rings. The standard InChI is InChI=1S/C18H18FNO5S/c1-26(23,24)16-9-5-4-8-15(16)20-17(21)12-25-18(22)11-10-13-6-2-3-7-14(13)19/h2-9H,10-12H2,1H3,(H,20,21). The molecule has 0 aliphatic rings. The molecule has 138 valence electrons. The maximum Gasteiger partial charge on any atom is 0.306 e. The minimum atomic E-state index is -3.51. The summed E-state index contributed by atoms with van der Waals surface area (Å²) in [5.74, 6) is -1.73. The molecule has 6 nitrogen and oxygen atoms in total. The summed E-state index contributed by atoms with van der Waals surface area (Å²) < 4.78 is 41.7. The molecule has 0 spiro atoms. The highest BCUT2D eigenvalue weighted by Crippen LogP contribution is 2.20. The quantitative estimate of drug-likeness (QED) is 0.746. The molecule has 0 bridgehead atoms.